The molecule has 8 heteroatoms. The van der Waals surface area contributed by atoms with E-state index in [1.165, 1.54) is 4.68 Å². The van der Waals surface area contributed by atoms with Gasteiger partial charge in [0.1, 0.15) is 5.69 Å². The first kappa shape index (κ1) is 15.0. The molecule has 0 aliphatic carbocycles. The van der Waals surface area contributed by atoms with Crippen LogP contribution in [0.15, 0.2) is 24.3 Å². The summed E-state index contributed by atoms with van der Waals surface area (Å²) in [7, 11) is 1.66. The second-order valence-corrected chi connectivity index (χ2v) is 5.58. The summed E-state index contributed by atoms with van der Waals surface area (Å²) < 4.78 is 1.46. The van der Waals surface area contributed by atoms with Crippen molar-refractivity contribution in [2.75, 3.05) is 17.2 Å². The van der Waals surface area contributed by atoms with Crippen molar-refractivity contribution < 1.29 is 9.72 Å². The Labute approximate surface area is 132 Å². The van der Waals surface area contributed by atoms with Gasteiger partial charge in [-0.15, -0.1) is 0 Å². The van der Waals surface area contributed by atoms with Crippen LogP contribution in [-0.2, 0) is 11.8 Å². The van der Waals surface area contributed by atoms with Crippen LogP contribution in [0.25, 0.3) is 0 Å². The maximum Gasteiger partial charge on any atom is 0.333 e. The number of hydrogen-bond acceptors (Lipinski definition) is 5. The lowest BCUT2D eigenvalue weighted by molar-refractivity contribution is -0.384. The van der Waals surface area contributed by atoms with E-state index in [0.29, 0.717) is 24.5 Å². The van der Waals surface area contributed by atoms with E-state index >= 15 is 0 Å². The summed E-state index contributed by atoms with van der Waals surface area (Å²) in [5, 5.41) is 21.2. The van der Waals surface area contributed by atoms with Crippen molar-refractivity contribution in [1.29, 1.82) is 0 Å². The largest absolute Gasteiger partial charge is 0.364 e. The van der Waals surface area contributed by atoms with Gasteiger partial charge in [0, 0.05) is 31.6 Å². The molecule has 0 radical (unpaired) electrons. The van der Waals surface area contributed by atoms with Gasteiger partial charge in [-0.3, -0.25) is 14.9 Å². The summed E-state index contributed by atoms with van der Waals surface area (Å²) in [6, 6.07) is 7.60. The molecule has 0 saturated carbocycles. The van der Waals surface area contributed by atoms with E-state index in [0.717, 1.165) is 11.3 Å². The fraction of sp³-hybridized carbons (Fsp3) is 0.333. The zero-order valence-electron chi connectivity index (χ0n) is 12.9. The Morgan fingerprint density at radius 3 is 2.96 bits per heavy atom. The molecule has 1 atom stereocenters. The van der Waals surface area contributed by atoms with Crippen molar-refractivity contribution in [3.63, 3.8) is 0 Å². The van der Waals surface area contributed by atoms with Crippen molar-refractivity contribution in [2.24, 2.45) is 7.05 Å². The monoisotopic (exact) mass is 315 g/mol. The Kier molecular flexibility index (Phi) is 3.73. The number of carbonyl (C=O) groups is 1. The highest BCUT2D eigenvalue weighted by Crippen LogP contribution is 2.33. The Bertz CT molecular complexity index is 783. The van der Waals surface area contributed by atoms with Crippen LogP contribution in [0, 0.1) is 17.0 Å². The molecule has 0 spiro atoms. The average Bonchev–Trinajstić information content (AvgIpc) is 2.78. The van der Waals surface area contributed by atoms with Gasteiger partial charge in [-0.1, -0.05) is 18.2 Å². The number of amides is 1. The van der Waals surface area contributed by atoms with Crippen molar-refractivity contribution >= 4 is 23.1 Å². The van der Waals surface area contributed by atoms with Crippen LogP contribution in [0.5, 0.6) is 0 Å². The first-order chi connectivity index (χ1) is 11.0. The highest BCUT2D eigenvalue weighted by atomic mass is 16.6. The standard InChI is InChI=1S/C15H17N5O3/c1-9-14(20(22)23)15(19(2)18-9)16-8-10-7-13(21)17-12-6-4-3-5-11(10)12/h3-6,10,16H,7-8H2,1-2H3,(H,17,21)/t10-/m1/s1. The van der Waals surface area contributed by atoms with Crippen LogP contribution < -0.4 is 10.6 Å². The molecule has 120 valence electrons. The number of aryl methyl sites for hydroxylation is 2. The number of fused-ring (bicyclic) bond motifs is 1. The average molecular weight is 315 g/mol. The van der Waals surface area contributed by atoms with Gasteiger partial charge in [-0.2, -0.15) is 5.10 Å². The number of carbonyl (C=O) groups excluding carboxylic acids is 1. The maximum absolute atomic E-state index is 11.8. The summed E-state index contributed by atoms with van der Waals surface area (Å²) in [6.45, 7) is 2.02. The molecule has 0 saturated heterocycles. The SMILES string of the molecule is Cc1nn(C)c(NC[C@H]2CC(=O)Nc3ccccc32)c1[N+](=O)[O-]. The third-order valence-corrected chi connectivity index (χ3v) is 4.00. The molecule has 1 aliphatic heterocycles. The van der Waals surface area contributed by atoms with Gasteiger partial charge >= 0.3 is 5.69 Å². The lowest BCUT2D eigenvalue weighted by Gasteiger charge is -2.25. The van der Waals surface area contributed by atoms with Gasteiger partial charge in [-0.25, -0.2) is 4.68 Å². The number of nitrogens with one attached hydrogen (secondary N) is 2. The van der Waals surface area contributed by atoms with Crippen molar-refractivity contribution in [3.05, 3.63) is 45.6 Å². The fourth-order valence-electron chi connectivity index (χ4n) is 2.97. The number of rotatable bonds is 4. The second-order valence-electron chi connectivity index (χ2n) is 5.58. The van der Waals surface area contributed by atoms with Crippen LogP contribution in [-0.4, -0.2) is 27.2 Å². The minimum atomic E-state index is -0.438. The molecule has 2 heterocycles. The Hall–Kier alpha value is -2.90. The molecular weight excluding hydrogens is 298 g/mol. The molecule has 2 N–H and O–H groups in total. The normalized spacial score (nSPS) is 16.6. The van der Waals surface area contributed by atoms with Crippen LogP contribution in [0.2, 0.25) is 0 Å². The van der Waals surface area contributed by atoms with Crippen molar-refractivity contribution in [1.82, 2.24) is 9.78 Å². The van der Waals surface area contributed by atoms with Crippen LogP contribution in [0.1, 0.15) is 23.6 Å². The molecule has 1 aromatic heterocycles. The summed E-state index contributed by atoms with van der Waals surface area (Å²) in [5.74, 6) is 0.261. The molecule has 0 unspecified atom stereocenters. The summed E-state index contributed by atoms with van der Waals surface area (Å²) in [4.78, 5) is 22.6. The lowest BCUT2D eigenvalue weighted by Crippen LogP contribution is -2.27. The van der Waals surface area contributed by atoms with E-state index in [2.05, 4.69) is 15.7 Å². The molecule has 2 aromatic rings. The molecule has 23 heavy (non-hydrogen) atoms. The van der Waals surface area contributed by atoms with Gasteiger partial charge in [0.15, 0.2) is 0 Å². The van der Waals surface area contributed by atoms with Crippen LogP contribution in [0.4, 0.5) is 17.2 Å². The zero-order chi connectivity index (χ0) is 16.6. The quantitative estimate of drug-likeness (QED) is 0.665. The van der Waals surface area contributed by atoms with Gasteiger partial charge in [0.2, 0.25) is 11.7 Å². The van der Waals surface area contributed by atoms with Crippen LogP contribution in [0.3, 0.4) is 0 Å². The first-order valence-corrected chi connectivity index (χ1v) is 7.28. The third-order valence-electron chi connectivity index (χ3n) is 4.00. The van der Waals surface area contributed by atoms with E-state index < -0.39 is 4.92 Å². The molecule has 1 amide bonds. The van der Waals surface area contributed by atoms with Gasteiger partial charge in [-0.05, 0) is 18.6 Å². The lowest BCUT2D eigenvalue weighted by atomic mass is 9.90. The highest BCUT2D eigenvalue weighted by molar-refractivity contribution is 5.94. The summed E-state index contributed by atoms with van der Waals surface area (Å²) in [6.07, 6.45) is 0.342. The number of para-hydroxylation sites is 1. The van der Waals surface area contributed by atoms with Gasteiger partial charge < -0.3 is 10.6 Å². The number of hydrogen-bond donors (Lipinski definition) is 2. The van der Waals surface area contributed by atoms with Gasteiger partial charge in [0.25, 0.3) is 0 Å². The van der Waals surface area contributed by atoms with E-state index in [-0.39, 0.29) is 17.5 Å². The van der Waals surface area contributed by atoms with E-state index in [1.54, 1.807) is 14.0 Å². The van der Waals surface area contributed by atoms with Gasteiger partial charge in [0.05, 0.1) is 4.92 Å². The molecule has 3 rings (SSSR count). The Morgan fingerprint density at radius 1 is 1.48 bits per heavy atom. The summed E-state index contributed by atoms with van der Waals surface area (Å²) in [5.41, 5.74) is 2.16. The third kappa shape index (κ3) is 2.75. The molecule has 1 aliphatic rings. The van der Waals surface area contributed by atoms with Crippen LogP contribution >= 0.6 is 0 Å². The molecule has 1 aromatic carbocycles. The van der Waals surface area contributed by atoms with E-state index in [9.17, 15) is 14.9 Å². The number of nitro groups is 1. The minimum Gasteiger partial charge on any atom is -0.364 e. The maximum atomic E-state index is 11.8. The van der Waals surface area contributed by atoms with Crippen molar-refractivity contribution in [2.45, 2.75) is 19.3 Å². The first-order valence-electron chi connectivity index (χ1n) is 7.28. The molecule has 0 bridgehead atoms. The van der Waals surface area contributed by atoms with E-state index in [1.807, 2.05) is 24.3 Å². The predicted octanol–water partition coefficient (Wildman–Crippen LogP) is 2.17. The topological polar surface area (TPSA) is 102 Å². The molecule has 8 nitrogen and oxygen atoms in total. The highest BCUT2D eigenvalue weighted by Gasteiger charge is 2.28. The zero-order valence-corrected chi connectivity index (χ0v) is 12.9. The number of aromatic nitrogens is 2. The Balaban J connectivity index is 1.85. The molecule has 0 fully saturated rings. The number of anilines is 2. The molecular formula is C15H17N5O3. The second kappa shape index (κ2) is 5.71. The predicted molar refractivity (Wildman–Crippen MR) is 85.5 cm³/mol. The van der Waals surface area contributed by atoms with Crippen molar-refractivity contribution in [3.8, 4) is 0 Å². The minimum absolute atomic E-state index is 0.0268. The fourth-order valence-corrected chi connectivity index (χ4v) is 2.97. The summed E-state index contributed by atoms with van der Waals surface area (Å²) >= 11 is 0. The van der Waals surface area contributed by atoms with E-state index in [4.69, 9.17) is 0 Å². The number of nitrogens with zero attached hydrogens (tertiary/aromatic N) is 3. The Morgan fingerprint density at radius 2 is 2.22 bits per heavy atom. The number of benzene rings is 1. The smallest absolute Gasteiger partial charge is 0.333 e.